The van der Waals surface area contributed by atoms with Crippen molar-refractivity contribution < 1.29 is 4.74 Å². The number of hydrogen-bond acceptors (Lipinski definition) is 3. The van der Waals surface area contributed by atoms with Crippen molar-refractivity contribution in [3.63, 3.8) is 0 Å². The third-order valence-corrected chi connectivity index (χ3v) is 3.26. The summed E-state index contributed by atoms with van der Waals surface area (Å²) in [5.41, 5.74) is 0. The van der Waals surface area contributed by atoms with Crippen molar-refractivity contribution in [2.75, 3.05) is 39.4 Å². The highest BCUT2D eigenvalue weighted by atomic mass is 16.5. The fourth-order valence-electron chi connectivity index (χ4n) is 1.98. The van der Waals surface area contributed by atoms with Gasteiger partial charge in [-0.15, -0.1) is 0 Å². The van der Waals surface area contributed by atoms with E-state index in [0.717, 1.165) is 38.3 Å². The van der Waals surface area contributed by atoms with E-state index in [1.165, 1.54) is 32.4 Å². The quantitative estimate of drug-likeness (QED) is 0.562. The highest BCUT2D eigenvalue weighted by molar-refractivity contribution is 4.84. The minimum atomic E-state index is 0.821. The van der Waals surface area contributed by atoms with Crippen molar-refractivity contribution in [3.8, 4) is 0 Å². The van der Waals surface area contributed by atoms with E-state index in [9.17, 15) is 0 Å². The van der Waals surface area contributed by atoms with Gasteiger partial charge in [0.1, 0.15) is 0 Å². The number of rotatable bonds is 11. The second-order valence-corrected chi connectivity index (χ2v) is 5.40. The number of hydrogen-bond donors (Lipinski definition) is 1. The highest BCUT2D eigenvalue weighted by Crippen LogP contribution is 2.26. The molecule has 0 heterocycles. The third kappa shape index (κ3) is 7.74. The van der Waals surface area contributed by atoms with Gasteiger partial charge in [-0.3, -0.25) is 4.90 Å². The lowest BCUT2D eigenvalue weighted by Gasteiger charge is -2.23. The van der Waals surface area contributed by atoms with Gasteiger partial charge in [0.05, 0.1) is 6.61 Å². The Labute approximate surface area is 107 Å². The van der Waals surface area contributed by atoms with Crippen molar-refractivity contribution >= 4 is 0 Å². The molecule has 0 saturated heterocycles. The molecule has 0 aliphatic heterocycles. The predicted octanol–water partition coefficient (Wildman–Crippen LogP) is 2.12. The van der Waals surface area contributed by atoms with E-state index in [4.69, 9.17) is 4.74 Å². The molecule has 3 nitrogen and oxygen atoms in total. The van der Waals surface area contributed by atoms with Crippen LogP contribution < -0.4 is 5.32 Å². The van der Waals surface area contributed by atoms with Gasteiger partial charge in [-0.25, -0.2) is 0 Å². The van der Waals surface area contributed by atoms with Gasteiger partial charge in [0, 0.05) is 32.3 Å². The van der Waals surface area contributed by atoms with Crippen LogP contribution in [0.1, 0.15) is 40.0 Å². The first-order valence-corrected chi connectivity index (χ1v) is 7.26. The summed E-state index contributed by atoms with van der Waals surface area (Å²) in [5.74, 6) is 0.821. The minimum Gasteiger partial charge on any atom is -0.380 e. The average molecular weight is 242 g/mol. The third-order valence-electron chi connectivity index (χ3n) is 3.26. The minimum absolute atomic E-state index is 0.821. The maximum atomic E-state index is 5.30. The summed E-state index contributed by atoms with van der Waals surface area (Å²) < 4.78 is 5.30. The molecule has 0 aromatic rings. The molecule has 0 bridgehead atoms. The van der Waals surface area contributed by atoms with E-state index in [0.29, 0.717) is 0 Å². The van der Waals surface area contributed by atoms with E-state index in [-0.39, 0.29) is 0 Å². The zero-order valence-corrected chi connectivity index (χ0v) is 11.9. The fourth-order valence-corrected chi connectivity index (χ4v) is 1.98. The first-order chi connectivity index (χ1) is 8.24. The van der Waals surface area contributed by atoms with Crippen molar-refractivity contribution in [1.29, 1.82) is 0 Å². The lowest BCUT2D eigenvalue weighted by Crippen LogP contribution is -2.35. The summed E-state index contributed by atoms with van der Waals surface area (Å²) in [5, 5.41) is 3.45. The van der Waals surface area contributed by atoms with E-state index in [1.54, 1.807) is 0 Å². The maximum Gasteiger partial charge on any atom is 0.0590 e. The normalized spacial score (nSPS) is 16.1. The number of nitrogens with one attached hydrogen (secondary N) is 1. The SMILES string of the molecule is CCOCCNCCN(CCC(C)C)C1CC1. The van der Waals surface area contributed by atoms with Crippen LogP contribution in [0.25, 0.3) is 0 Å². The summed E-state index contributed by atoms with van der Waals surface area (Å²) in [6.07, 6.45) is 4.16. The molecule has 102 valence electrons. The van der Waals surface area contributed by atoms with Crippen LogP contribution in [0.4, 0.5) is 0 Å². The Morgan fingerprint density at radius 2 is 2.00 bits per heavy atom. The molecule has 1 fully saturated rings. The van der Waals surface area contributed by atoms with Crippen LogP contribution in [0, 0.1) is 5.92 Å². The van der Waals surface area contributed by atoms with Crippen molar-refractivity contribution in [1.82, 2.24) is 10.2 Å². The van der Waals surface area contributed by atoms with Crippen LogP contribution in [0.15, 0.2) is 0 Å². The summed E-state index contributed by atoms with van der Waals surface area (Å²) in [7, 11) is 0. The van der Waals surface area contributed by atoms with Crippen molar-refractivity contribution in [3.05, 3.63) is 0 Å². The Hall–Kier alpha value is -0.120. The molecule has 0 amide bonds. The molecule has 0 radical (unpaired) electrons. The van der Waals surface area contributed by atoms with E-state index in [2.05, 4.69) is 24.1 Å². The highest BCUT2D eigenvalue weighted by Gasteiger charge is 2.28. The van der Waals surface area contributed by atoms with Gasteiger partial charge in [-0.05, 0) is 38.6 Å². The van der Waals surface area contributed by atoms with Crippen LogP contribution in [0.5, 0.6) is 0 Å². The first kappa shape index (κ1) is 14.9. The van der Waals surface area contributed by atoms with Crippen LogP contribution in [0.2, 0.25) is 0 Å². The molecule has 1 saturated carbocycles. The van der Waals surface area contributed by atoms with Gasteiger partial charge in [0.25, 0.3) is 0 Å². The Morgan fingerprint density at radius 3 is 2.59 bits per heavy atom. The maximum absolute atomic E-state index is 5.30. The van der Waals surface area contributed by atoms with Gasteiger partial charge in [-0.2, -0.15) is 0 Å². The summed E-state index contributed by atoms with van der Waals surface area (Å²) in [6.45, 7) is 12.9. The monoisotopic (exact) mass is 242 g/mol. The Bertz CT molecular complexity index is 181. The van der Waals surface area contributed by atoms with E-state index in [1.807, 2.05) is 6.92 Å². The molecule has 17 heavy (non-hydrogen) atoms. The molecule has 1 aliphatic rings. The van der Waals surface area contributed by atoms with Crippen molar-refractivity contribution in [2.24, 2.45) is 5.92 Å². The molecule has 1 aliphatic carbocycles. The fraction of sp³-hybridized carbons (Fsp3) is 1.00. The second-order valence-electron chi connectivity index (χ2n) is 5.40. The molecule has 1 N–H and O–H groups in total. The summed E-state index contributed by atoms with van der Waals surface area (Å²) in [4.78, 5) is 2.66. The van der Waals surface area contributed by atoms with Gasteiger partial charge in [0.15, 0.2) is 0 Å². The van der Waals surface area contributed by atoms with Crippen LogP contribution in [-0.2, 0) is 4.74 Å². The smallest absolute Gasteiger partial charge is 0.0590 e. The molecule has 0 aromatic heterocycles. The van der Waals surface area contributed by atoms with E-state index < -0.39 is 0 Å². The average Bonchev–Trinajstić information content (AvgIpc) is 3.11. The second kappa shape index (κ2) is 8.90. The standard InChI is InChI=1S/C14H30N2O/c1-4-17-12-9-15-8-11-16(14-5-6-14)10-7-13(2)3/h13-15H,4-12H2,1-3H3. The van der Waals surface area contributed by atoms with Crippen LogP contribution in [0.3, 0.4) is 0 Å². The Kier molecular flexibility index (Phi) is 7.82. The van der Waals surface area contributed by atoms with Crippen molar-refractivity contribution in [2.45, 2.75) is 46.1 Å². The molecule has 0 atom stereocenters. The zero-order chi connectivity index (χ0) is 12.5. The molecule has 1 rings (SSSR count). The molecule has 0 spiro atoms. The summed E-state index contributed by atoms with van der Waals surface area (Å²) in [6, 6.07) is 0.891. The number of ether oxygens (including phenoxy) is 1. The zero-order valence-electron chi connectivity index (χ0n) is 11.9. The lowest BCUT2D eigenvalue weighted by molar-refractivity contribution is 0.148. The molecular weight excluding hydrogens is 212 g/mol. The molecule has 0 aromatic carbocycles. The van der Waals surface area contributed by atoms with Crippen LogP contribution >= 0.6 is 0 Å². The molecule has 0 unspecified atom stereocenters. The molecule has 3 heteroatoms. The molecular formula is C14H30N2O. The number of nitrogens with zero attached hydrogens (tertiary/aromatic N) is 1. The Morgan fingerprint density at radius 1 is 1.24 bits per heavy atom. The van der Waals surface area contributed by atoms with Gasteiger partial charge in [-0.1, -0.05) is 13.8 Å². The van der Waals surface area contributed by atoms with Gasteiger partial charge >= 0.3 is 0 Å². The first-order valence-electron chi connectivity index (χ1n) is 7.26. The van der Waals surface area contributed by atoms with Gasteiger partial charge < -0.3 is 10.1 Å². The topological polar surface area (TPSA) is 24.5 Å². The largest absolute Gasteiger partial charge is 0.380 e. The lowest BCUT2D eigenvalue weighted by atomic mass is 10.1. The van der Waals surface area contributed by atoms with Gasteiger partial charge in [0.2, 0.25) is 0 Å². The summed E-state index contributed by atoms with van der Waals surface area (Å²) >= 11 is 0. The predicted molar refractivity (Wildman–Crippen MR) is 73.4 cm³/mol. The van der Waals surface area contributed by atoms with Crippen LogP contribution in [-0.4, -0.2) is 50.3 Å². The van der Waals surface area contributed by atoms with E-state index >= 15 is 0 Å². The Balaban J connectivity index is 2.00.